The Bertz CT molecular complexity index is 500. The quantitative estimate of drug-likeness (QED) is 0.603. The number of ether oxygens (including phenoxy) is 1. The van der Waals surface area contributed by atoms with E-state index in [1.165, 1.54) is 18.2 Å². The molecular weight excluding hydrogens is 250 g/mol. The van der Waals surface area contributed by atoms with E-state index in [2.05, 4.69) is 10.6 Å². The molecule has 2 rings (SSSR count). The number of nitrogens with zero attached hydrogens (tertiary/aromatic N) is 1. The Balaban J connectivity index is 2.23. The fraction of sp³-hybridized carbons (Fsp3) is 0.417. The maximum Gasteiger partial charge on any atom is 0.311 e. The van der Waals surface area contributed by atoms with Crippen LogP contribution >= 0.6 is 0 Å². The summed E-state index contributed by atoms with van der Waals surface area (Å²) in [5.41, 5.74) is 0.0725. The van der Waals surface area contributed by atoms with Crippen LogP contribution in [-0.4, -0.2) is 36.6 Å². The summed E-state index contributed by atoms with van der Waals surface area (Å²) in [6.45, 7) is 3.61. The number of rotatable bonds is 5. The van der Waals surface area contributed by atoms with E-state index >= 15 is 0 Å². The summed E-state index contributed by atoms with van der Waals surface area (Å²) in [6.07, 6.45) is -0.0472. The van der Waals surface area contributed by atoms with Gasteiger partial charge in [-0.05, 0) is 19.1 Å². The van der Waals surface area contributed by atoms with E-state index in [9.17, 15) is 14.9 Å². The standard InChI is InChI=1S/C12H15N3O4/c1-2-14-12(16)8-3-4-11(10(5-8)15(17)18)19-9-6-13-7-9/h3-5,9,13H,2,6-7H2,1H3,(H,14,16). The third-order valence-corrected chi connectivity index (χ3v) is 2.79. The molecule has 0 atom stereocenters. The molecule has 1 aromatic carbocycles. The van der Waals surface area contributed by atoms with Gasteiger partial charge in [0.15, 0.2) is 5.75 Å². The summed E-state index contributed by atoms with van der Waals surface area (Å²) in [7, 11) is 0. The summed E-state index contributed by atoms with van der Waals surface area (Å²) in [5, 5.41) is 16.6. The second-order valence-corrected chi connectivity index (χ2v) is 4.20. The monoisotopic (exact) mass is 265 g/mol. The third-order valence-electron chi connectivity index (χ3n) is 2.79. The van der Waals surface area contributed by atoms with Crippen LogP contribution in [0.15, 0.2) is 18.2 Å². The molecule has 1 heterocycles. The summed E-state index contributed by atoms with van der Waals surface area (Å²) in [5.74, 6) is -0.132. The highest BCUT2D eigenvalue weighted by Crippen LogP contribution is 2.29. The first-order chi connectivity index (χ1) is 9.11. The lowest BCUT2D eigenvalue weighted by atomic mass is 10.1. The molecule has 1 saturated heterocycles. The third kappa shape index (κ3) is 3.00. The number of hydrogen-bond acceptors (Lipinski definition) is 5. The van der Waals surface area contributed by atoms with E-state index in [1.807, 2.05) is 0 Å². The predicted octanol–water partition coefficient (Wildman–Crippen LogP) is 0.695. The molecule has 0 aliphatic carbocycles. The SMILES string of the molecule is CCNC(=O)c1ccc(OC2CNC2)c([N+](=O)[O-])c1. The normalized spacial score (nSPS) is 14.6. The second kappa shape index (κ2) is 5.66. The first kappa shape index (κ1) is 13.3. The van der Waals surface area contributed by atoms with Crippen molar-refractivity contribution in [2.24, 2.45) is 0 Å². The molecule has 19 heavy (non-hydrogen) atoms. The van der Waals surface area contributed by atoms with Gasteiger partial charge >= 0.3 is 5.69 Å². The minimum atomic E-state index is -0.538. The van der Waals surface area contributed by atoms with E-state index in [1.54, 1.807) is 6.92 Å². The number of carbonyl (C=O) groups excluding carboxylic acids is 1. The Morgan fingerprint density at radius 1 is 1.58 bits per heavy atom. The minimum Gasteiger partial charge on any atom is -0.481 e. The van der Waals surface area contributed by atoms with Crippen molar-refractivity contribution in [2.45, 2.75) is 13.0 Å². The number of hydrogen-bond donors (Lipinski definition) is 2. The lowest BCUT2D eigenvalue weighted by molar-refractivity contribution is -0.386. The maximum absolute atomic E-state index is 11.6. The van der Waals surface area contributed by atoms with Crippen LogP contribution in [0.5, 0.6) is 5.75 Å². The molecule has 0 aromatic heterocycles. The van der Waals surface area contributed by atoms with Gasteiger partial charge in [-0.2, -0.15) is 0 Å². The van der Waals surface area contributed by atoms with Gasteiger partial charge in [-0.3, -0.25) is 14.9 Å². The van der Waals surface area contributed by atoms with Crippen LogP contribution in [0.2, 0.25) is 0 Å². The topological polar surface area (TPSA) is 93.5 Å². The molecule has 0 saturated carbocycles. The lowest BCUT2D eigenvalue weighted by Crippen LogP contribution is -2.50. The Labute approximate surface area is 110 Å². The Morgan fingerprint density at radius 3 is 2.84 bits per heavy atom. The van der Waals surface area contributed by atoms with E-state index in [-0.39, 0.29) is 29.0 Å². The van der Waals surface area contributed by atoms with Crippen LogP contribution in [0.1, 0.15) is 17.3 Å². The van der Waals surface area contributed by atoms with Crippen molar-refractivity contribution < 1.29 is 14.5 Å². The Kier molecular flexibility index (Phi) is 3.96. The van der Waals surface area contributed by atoms with Gasteiger partial charge < -0.3 is 15.4 Å². The number of benzene rings is 1. The summed E-state index contributed by atoms with van der Waals surface area (Å²) < 4.78 is 5.50. The molecule has 2 N–H and O–H groups in total. The largest absolute Gasteiger partial charge is 0.481 e. The van der Waals surface area contributed by atoms with E-state index in [4.69, 9.17) is 4.74 Å². The van der Waals surface area contributed by atoms with Crippen molar-refractivity contribution in [1.82, 2.24) is 10.6 Å². The molecule has 1 amide bonds. The van der Waals surface area contributed by atoms with E-state index in [0.29, 0.717) is 19.6 Å². The van der Waals surface area contributed by atoms with Crippen LogP contribution in [0.25, 0.3) is 0 Å². The number of nitro benzene ring substituents is 1. The molecule has 1 fully saturated rings. The zero-order valence-corrected chi connectivity index (χ0v) is 10.5. The van der Waals surface area contributed by atoms with E-state index in [0.717, 1.165) is 0 Å². The molecule has 1 aromatic rings. The number of carbonyl (C=O) groups is 1. The Morgan fingerprint density at radius 2 is 2.32 bits per heavy atom. The van der Waals surface area contributed by atoms with Crippen molar-refractivity contribution in [3.63, 3.8) is 0 Å². The van der Waals surface area contributed by atoms with Gasteiger partial charge in [0, 0.05) is 31.3 Å². The van der Waals surface area contributed by atoms with Crippen molar-refractivity contribution in [2.75, 3.05) is 19.6 Å². The molecule has 102 valence electrons. The van der Waals surface area contributed by atoms with Crippen LogP contribution in [0.3, 0.4) is 0 Å². The highest BCUT2D eigenvalue weighted by molar-refractivity contribution is 5.95. The average Bonchev–Trinajstić information content (AvgIpc) is 2.34. The van der Waals surface area contributed by atoms with Crippen LogP contribution in [-0.2, 0) is 0 Å². The van der Waals surface area contributed by atoms with Gasteiger partial charge in [0.25, 0.3) is 5.91 Å². The summed E-state index contributed by atoms with van der Waals surface area (Å²) >= 11 is 0. The average molecular weight is 265 g/mol. The first-order valence-corrected chi connectivity index (χ1v) is 6.06. The van der Waals surface area contributed by atoms with Crippen LogP contribution in [0.4, 0.5) is 5.69 Å². The van der Waals surface area contributed by atoms with Crippen LogP contribution in [0, 0.1) is 10.1 Å². The Hall–Kier alpha value is -2.15. The zero-order chi connectivity index (χ0) is 13.8. The predicted molar refractivity (Wildman–Crippen MR) is 68.4 cm³/mol. The molecule has 0 bridgehead atoms. The molecule has 7 nitrogen and oxygen atoms in total. The molecule has 7 heteroatoms. The van der Waals surface area contributed by atoms with Crippen molar-refractivity contribution in [1.29, 1.82) is 0 Å². The zero-order valence-electron chi connectivity index (χ0n) is 10.5. The minimum absolute atomic E-state index is 0.0472. The second-order valence-electron chi connectivity index (χ2n) is 4.20. The van der Waals surface area contributed by atoms with Crippen molar-refractivity contribution >= 4 is 11.6 Å². The first-order valence-electron chi connectivity index (χ1n) is 6.06. The van der Waals surface area contributed by atoms with E-state index < -0.39 is 4.92 Å². The highest BCUT2D eigenvalue weighted by atomic mass is 16.6. The molecule has 0 spiro atoms. The van der Waals surface area contributed by atoms with Gasteiger partial charge in [0.2, 0.25) is 0 Å². The summed E-state index contributed by atoms with van der Waals surface area (Å²) in [4.78, 5) is 22.1. The maximum atomic E-state index is 11.6. The lowest BCUT2D eigenvalue weighted by Gasteiger charge is -2.27. The number of nitrogens with one attached hydrogen (secondary N) is 2. The fourth-order valence-electron chi connectivity index (χ4n) is 1.69. The van der Waals surface area contributed by atoms with Crippen molar-refractivity contribution in [3.8, 4) is 5.75 Å². The summed E-state index contributed by atoms with van der Waals surface area (Å²) in [6, 6.07) is 4.24. The van der Waals surface area contributed by atoms with Gasteiger partial charge in [0.05, 0.1) is 4.92 Å². The fourth-order valence-corrected chi connectivity index (χ4v) is 1.69. The van der Waals surface area contributed by atoms with Gasteiger partial charge in [-0.25, -0.2) is 0 Å². The van der Waals surface area contributed by atoms with Gasteiger partial charge in [-0.1, -0.05) is 0 Å². The van der Waals surface area contributed by atoms with Crippen LogP contribution < -0.4 is 15.4 Å². The highest BCUT2D eigenvalue weighted by Gasteiger charge is 2.24. The molecule has 1 aliphatic rings. The number of amides is 1. The van der Waals surface area contributed by atoms with Crippen molar-refractivity contribution in [3.05, 3.63) is 33.9 Å². The molecule has 0 unspecified atom stereocenters. The van der Waals surface area contributed by atoms with Gasteiger partial charge in [0.1, 0.15) is 6.10 Å². The molecule has 1 aliphatic heterocycles. The molecular formula is C12H15N3O4. The smallest absolute Gasteiger partial charge is 0.311 e. The number of nitro groups is 1. The van der Waals surface area contributed by atoms with Gasteiger partial charge in [-0.15, -0.1) is 0 Å². The molecule has 0 radical (unpaired) electrons.